The van der Waals surface area contributed by atoms with Crippen molar-refractivity contribution in [2.24, 2.45) is 11.7 Å². The quantitative estimate of drug-likeness (QED) is 0.723. The zero-order valence-electron chi connectivity index (χ0n) is 11.9. The average Bonchev–Trinajstić information content (AvgIpc) is 2.27. The van der Waals surface area contributed by atoms with Crippen LogP contribution in [0.4, 0.5) is 0 Å². The van der Waals surface area contributed by atoms with Gasteiger partial charge in [0.25, 0.3) is 0 Å². The maximum atomic E-state index is 10.9. The van der Waals surface area contributed by atoms with Crippen molar-refractivity contribution < 1.29 is 9.90 Å². The normalized spacial score (nSPS) is 22.1. The summed E-state index contributed by atoms with van der Waals surface area (Å²) in [6, 6.07) is 0. The van der Waals surface area contributed by atoms with Gasteiger partial charge in [-0.1, -0.05) is 0 Å². The lowest BCUT2D eigenvalue weighted by molar-refractivity contribution is -0.143. The summed E-state index contributed by atoms with van der Waals surface area (Å²) in [6.07, 6.45) is 2.92. The molecule has 1 heterocycles. The van der Waals surface area contributed by atoms with Crippen LogP contribution in [-0.2, 0) is 4.79 Å². The summed E-state index contributed by atoms with van der Waals surface area (Å²) in [4.78, 5) is 15.5. The van der Waals surface area contributed by atoms with E-state index in [4.69, 9.17) is 10.8 Å². The summed E-state index contributed by atoms with van der Waals surface area (Å²) in [5, 5.41) is 8.96. The minimum Gasteiger partial charge on any atom is -0.480 e. The molecule has 0 spiro atoms. The van der Waals surface area contributed by atoms with E-state index >= 15 is 0 Å². The standard InChI is InChI=1S/C13H27N3O2/c1-13(14,12(17)18)6-9-16-7-4-11(5-8-16)10-15(2)3/h11H,4-10,14H2,1-3H3,(H,17,18). The Balaban J connectivity index is 2.26. The van der Waals surface area contributed by atoms with Crippen LogP contribution in [0.3, 0.4) is 0 Å². The molecule has 1 fully saturated rings. The smallest absolute Gasteiger partial charge is 0.323 e. The van der Waals surface area contributed by atoms with Gasteiger partial charge >= 0.3 is 5.97 Å². The third-order valence-corrected chi connectivity index (χ3v) is 3.77. The highest BCUT2D eigenvalue weighted by Gasteiger charge is 2.29. The molecule has 0 aromatic rings. The molecule has 0 bridgehead atoms. The molecule has 3 N–H and O–H groups in total. The Kier molecular flexibility index (Phi) is 5.56. The molecule has 0 amide bonds. The highest BCUT2D eigenvalue weighted by Crippen LogP contribution is 2.19. The highest BCUT2D eigenvalue weighted by atomic mass is 16.4. The Hall–Kier alpha value is -0.650. The van der Waals surface area contributed by atoms with E-state index < -0.39 is 11.5 Å². The number of piperidine rings is 1. The molecule has 0 saturated carbocycles. The van der Waals surface area contributed by atoms with E-state index in [0.29, 0.717) is 6.42 Å². The van der Waals surface area contributed by atoms with E-state index in [0.717, 1.165) is 32.1 Å². The Labute approximate surface area is 110 Å². The summed E-state index contributed by atoms with van der Waals surface area (Å²) < 4.78 is 0. The van der Waals surface area contributed by atoms with Crippen molar-refractivity contribution in [2.75, 3.05) is 40.3 Å². The van der Waals surface area contributed by atoms with Crippen molar-refractivity contribution >= 4 is 5.97 Å². The third kappa shape index (κ3) is 4.92. The monoisotopic (exact) mass is 257 g/mol. The van der Waals surface area contributed by atoms with Gasteiger partial charge in [-0.25, -0.2) is 0 Å². The molecule has 1 atom stereocenters. The van der Waals surface area contributed by atoms with Crippen LogP contribution >= 0.6 is 0 Å². The average molecular weight is 257 g/mol. The topological polar surface area (TPSA) is 69.8 Å². The zero-order chi connectivity index (χ0) is 13.8. The van der Waals surface area contributed by atoms with Crippen molar-refractivity contribution in [1.29, 1.82) is 0 Å². The van der Waals surface area contributed by atoms with Gasteiger partial charge in [-0.2, -0.15) is 0 Å². The van der Waals surface area contributed by atoms with Crippen molar-refractivity contribution in [1.82, 2.24) is 9.80 Å². The SMILES string of the molecule is CN(C)CC1CCN(CCC(C)(N)C(=O)O)CC1. The van der Waals surface area contributed by atoms with Crippen LogP contribution in [0, 0.1) is 5.92 Å². The first-order valence-electron chi connectivity index (χ1n) is 6.70. The second kappa shape index (κ2) is 6.50. The Bertz CT molecular complexity index is 271. The number of likely N-dealkylation sites (tertiary alicyclic amines) is 1. The Morgan fingerprint density at radius 1 is 1.44 bits per heavy atom. The van der Waals surface area contributed by atoms with E-state index in [-0.39, 0.29) is 0 Å². The van der Waals surface area contributed by atoms with Crippen molar-refractivity contribution in [3.63, 3.8) is 0 Å². The highest BCUT2D eigenvalue weighted by molar-refractivity contribution is 5.77. The van der Waals surface area contributed by atoms with Gasteiger partial charge in [0.15, 0.2) is 0 Å². The van der Waals surface area contributed by atoms with Gasteiger partial charge < -0.3 is 20.6 Å². The predicted molar refractivity (Wildman–Crippen MR) is 72.6 cm³/mol. The summed E-state index contributed by atoms with van der Waals surface area (Å²) in [6.45, 7) is 5.65. The Morgan fingerprint density at radius 2 is 2.00 bits per heavy atom. The largest absolute Gasteiger partial charge is 0.480 e. The lowest BCUT2D eigenvalue weighted by atomic mass is 9.94. The van der Waals surface area contributed by atoms with E-state index in [2.05, 4.69) is 23.9 Å². The number of nitrogens with zero attached hydrogens (tertiary/aromatic N) is 2. The number of carboxylic acid groups (broad SMARTS) is 1. The second-order valence-corrected chi connectivity index (χ2v) is 6.02. The number of rotatable bonds is 6. The van der Waals surface area contributed by atoms with Crippen molar-refractivity contribution in [2.45, 2.75) is 31.7 Å². The number of hydrogen-bond donors (Lipinski definition) is 2. The van der Waals surface area contributed by atoms with Crippen molar-refractivity contribution in [3.8, 4) is 0 Å². The summed E-state index contributed by atoms with van der Waals surface area (Å²) >= 11 is 0. The number of hydrogen-bond acceptors (Lipinski definition) is 4. The van der Waals surface area contributed by atoms with Gasteiger partial charge in [-0.3, -0.25) is 4.79 Å². The van der Waals surface area contributed by atoms with Crippen LogP contribution in [-0.4, -0.2) is 66.7 Å². The maximum absolute atomic E-state index is 10.9. The summed E-state index contributed by atoms with van der Waals surface area (Å²) in [5.74, 6) is -0.134. The second-order valence-electron chi connectivity index (χ2n) is 6.02. The molecule has 106 valence electrons. The fraction of sp³-hybridized carbons (Fsp3) is 0.923. The van der Waals surface area contributed by atoms with Crippen LogP contribution in [0.25, 0.3) is 0 Å². The number of aliphatic carboxylic acids is 1. The molecule has 0 aliphatic carbocycles. The molecule has 5 heteroatoms. The molecular weight excluding hydrogens is 230 g/mol. The van der Waals surface area contributed by atoms with Crippen LogP contribution in [0.15, 0.2) is 0 Å². The Morgan fingerprint density at radius 3 is 2.44 bits per heavy atom. The molecular formula is C13H27N3O2. The van der Waals surface area contributed by atoms with E-state index in [1.807, 2.05) is 0 Å². The third-order valence-electron chi connectivity index (χ3n) is 3.77. The first kappa shape index (κ1) is 15.4. The number of nitrogens with two attached hydrogens (primary N) is 1. The lowest BCUT2D eigenvalue weighted by Gasteiger charge is -2.34. The lowest BCUT2D eigenvalue weighted by Crippen LogP contribution is -2.48. The fourth-order valence-electron chi connectivity index (χ4n) is 2.41. The minimum absolute atomic E-state index is 0.515. The number of carboxylic acids is 1. The first-order valence-corrected chi connectivity index (χ1v) is 6.70. The van der Waals surface area contributed by atoms with Crippen molar-refractivity contribution in [3.05, 3.63) is 0 Å². The summed E-state index contributed by atoms with van der Waals surface area (Å²) in [5.41, 5.74) is 4.64. The molecule has 0 aromatic heterocycles. The van der Waals surface area contributed by atoms with Gasteiger partial charge in [0.05, 0.1) is 0 Å². The molecule has 1 aliphatic heterocycles. The first-order chi connectivity index (χ1) is 8.31. The molecule has 1 aliphatic rings. The molecule has 0 radical (unpaired) electrons. The summed E-state index contributed by atoms with van der Waals surface area (Å²) in [7, 11) is 4.22. The van der Waals surface area contributed by atoms with Gasteiger partial charge in [-0.15, -0.1) is 0 Å². The van der Waals surface area contributed by atoms with Gasteiger partial charge in [0.1, 0.15) is 5.54 Å². The van der Waals surface area contributed by atoms with Gasteiger partial charge in [0.2, 0.25) is 0 Å². The fourth-order valence-corrected chi connectivity index (χ4v) is 2.41. The van der Waals surface area contributed by atoms with Crippen LogP contribution in [0.2, 0.25) is 0 Å². The van der Waals surface area contributed by atoms with E-state index in [9.17, 15) is 4.79 Å². The predicted octanol–water partition coefficient (Wildman–Crippen LogP) is 0.452. The van der Waals surface area contributed by atoms with E-state index in [1.54, 1.807) is 6.92 Å². The van der Waals surface area contributed by atoms with Gasteiger partial charge in [-0.05, 0) is 59.3 Å². The minimum atomic E-state index is -1.10. The molecule has 1 unspecified atom stereocenters. The van der Waals surface area contributed by atoms with Crippen LogP contribution in [0.5, 0.6) is 0 Å². The molecule has 0 aromatic carbocycles. The molecule has 5 nitrogen and oxygen atoms in total. The maximum Gasteiger partial charge on any atom is 0.323 e. The van der Waals surface area contributed by atoms with Crippen LogP contribution in [0.1, 0.15) is 26.2 Å². The molecule has 1 rings (SSSR count). The molecule has 1 saturated heterocycles. The zero-order valence-corrected chi connectivity index (χ0v) is 11.9. The van der Waals surface area contributed by atoms with E-state index in [1.165, 1.54) is 12.8 Å². The van der Waals surface area contributed by atoms with Gasteiger partial charge in [0, 0.05) is 13.1 Å². The van der Waals surface area contributed by atoms with Crippen LogP contribution < -0.4 is 5.73 Å². The number of carbonyl (C=O) groups is 1. The molecule has 18 heavy (non-hydrogen) atoms.